The van der Waals surface area contributed by atoms with Gasteiger partial charge in [-0.25, -0.2) is 4.79 Å². The molecule has 1 N–H and O–H groups in total. The van der Waals surface area contributed by atoms with Gasteiger partial charge in [0, 0.05) is 11.8 Å². The van der Waals surface area contributed by atoms with E-state index in [1.54, 1.807) is 18.5 Å². The first kappa shape index (κ1) is 16.3. The van der Waals surface area contributed by atoms with Crippen molar-refractivity contribution in [2.45, 2.75) is 46.0 Å². The molecule has 0 saturated carbocycles. The van der Waals surface area contributed by atoms with Gasteiger partial charge in [-0.2, -0.15) is 0 Å². The van der Waals surface area contributed by atoms with Gasteiger partial charge in [0.2, 0.25) is 0 Å². The predicted octanol–water partition coefficient (Wildman–Crippen LogP) is 3.66. The van der Waals surface area contributed by atoms with Gasteiger partial charge in [0.25, 0.3) is 0 Å². The number of nitrogens with one attached hydrogen (secondary N) is 1. The van der Waals surface area contributed by atoms with E-state index in [1.807, 2.05) is 20.8 Å². The van der Waals surface area contributed by atoms with Gasteiger partial charge in [0.1, 0.15) is 13.7 Å². The Hall–Kier alpha value is -1.80. The monoisotopic (exact) mass is 290 g/mol. The Morgan fingerprint density at radius 2 is 1.95 bits per heavy atom. The highest BCUT2D eigenvalue weighted by Crippen LogP contribution is 2.12. The smallest absolute Gasteiger partial charge is 0.412 e. The van der Waals surface area contributed by atoms with E-state index in [-0.39, 0.29) is 0 Å². The first-order chi connectivity index (χ1) is 9.05. The number of anilines is 1. The van der Waals surface area contributed by atoms with Crippen LogP contribution >= 0.6 is 0 Å². The Morgan fingerprint density at radius 3 is 2.50 bits per heavy atom. The summed E-state index contributed by atoms with van der Waals surface area (Å²) >= 11 is 0. The van der Waals surface area contributed by atoms with Crippen molar-refractivity contribution in [2.24, 2.45) is 0 Å². The van der Waals surface area contributed by atoms with Crippen molar-refractivity contribution in [1.82, 2.24) is 4.98 Å². The number of nitrogens with zero attached hydrogens (tertiary/aromatic N) is 1. The Morgan fingerprint density at radius 1 is 1.30 bits per heavy atom. The number of hydrogen-bond donors (Lipinski definition) is 1. The van der Waals surface area contributed by atoms with Crippen LogP contribution in [0.1, 0.15) is 26.3 Å². The van der Waals surface area contributed by atoms with E-state index in [9.17, 15) is 4.79 Å². The maximum atomic E-state index is 11.7. The average molecular weight is 290 g/mol. The standard InChI is InChI=1S/C15H22N2O2Si/c1-15(2,3)19-14(18)17-13-9-12(10-16-11-13)7-8-20(4,5)6/h9-11H,1-6H3,(H,17,18). The summed E-state index contributed by atoms with van der Waals surface area (Å²) in [5.74, 6) is 3.10. The van der Waals surface area contributed by atoms with Crippen LogP contribution in [0.15, 0.2) is 18.5 Å². The third-order valence-corrected chi connectivity index (χ3v) is 2.84. The van der Waals surface area contributed by atoms with E-state index < -0.39 is 19.8 Å². The molecule has 20 heavy (non-hydrogen) atoms. The maximum Gasteiger partial charge on any atom is 0.412 e. The SMILES string of the molecule is CC(C)(C)OC(=O)Nc1cncc(C#C[Si](C)(C)C)c1. The molecule has 0 aliphatic carbocycles. The minimum Gasteiger partial charge on any atom is -0.444 e. The normalized spacial score (nSPS) is 11.3. The molecule has 0 fully saturated rings. The molecule has 5 heteroatoms. The van der Waals surface area contributed by atoms with Gasteiger partial charge in [-0.15, -0.1) is 5.54 Å². The van der Waals surface area contributed by atoms with Crippen LogP contribution in [0, 0.1) is 11.5 Å². The zero-order valence-electron chi connectivity index (χ0n) is 13.0. The van der Waals surface area contributed by atoms with Gasteiger partial charge in [-0.05, 0) is 26.8 Å². The van der Waals surface area contributed by atoms with Crippen LogP contribution in [-0.2, 0) is 4.74 Å². The lowest BCUT2D eigenvalue weighted by molar-refractivity contribution is 0.0636. The molecule has 0 atom stereocenters. The van der Waals surface area contributed by atoms with Crippen molar-refractivity contribution < 1.29 is 9.53 Å². The Labute approximate surface area is 122 Å². The number of rotatable bonds is 1. The van der Waals surface area contributed by atoms with Crippen molar-refractivity contribution in [2.75, 3.05) is 5.32 Å². The van der Waals surface area contributed by atoms with E-state index in [4.69, 9.17) is 4.74 Å². The molecular weight excluding hydrogens is 268 g/mol. The van der Waals surface area contributed by atoms with Gasteiger partial charge >= 0.3 is 6.09 Å². The Bertz CT molecular complexity index is 545. The fourth-order valence-corrected chi connectivity index (χ4v) is 1.78. The van der Waals surface area contributed by atoms with Gasteiger partial charge in [-0.3, -0.25) is 10.3 Å². The van der Waals surface area contributed by atoms with Crippen LogP contribution in [0.25, 0.3) is 0 Å². The van der Waals surface area contributed by atoms with E-state index in [0.717, 1.165) is 5.56 Å². The van der Waals surface area contributed by atoms with Crippen molar-refractivity contribution in [1.29, 1.82) is 0 Å². The maximum absolute atomic E-state index is 11.7. The molecule has 0 aromatic carbocycles. The van der Waals surface area contributed by atoms with Crippen LogP contribution in [0.5, 0.6) is 0 Å². The molecule has 1 aromatic heterocycles. The lowest BCUT2D eigenvalue weighted by Gasteiger charge is -2.19. The largest absolute Gasteiger partial charge is 0.444 e. The molecule has 0 bridgehead atoms. The van der Waals surface area contributed by atoms with E-state index >= 15 is 0 Å². The summed E-state index contributed by atoms with van der Waals surface area (Å²) < 4.78 is 5.19. The van der Waals surface area contributed by atoms with Gasteiger partial charge < -0.3 is 4.74 Å². The van der Waals surface area contributed by atoms with Crippen molar-refractivity contribution in [3.63, 3.8) is 0 Å². The number of pyridine rings is 1. The second kappa shape index (κ2) is 6.10. The minimum absolute atomic E-state index is 0.491. The number of aromatic nitrogens is 1. The molecule has 0 saturated heterocycles. The quantitative estimate of drug-likeness (QED) is 0.634. The summed E-state index contributed by atoms with van der Waals surface area (Å²) in [7, 11) is -1.42. The number of ether oxygens (including phenoxy) is 1. The van der Waals surface area contributed by atoms with Crippen molar-refractivity contribution >= 4 is 19.9 Å². The summed E-state index contributed by atoms with van der Waals surface area (Å²) in [4.78, 5) is 15.7. The minimum atomic E-state index is -1.42. The molecule has 0 radical (unpaired) electrons. The fraction of sp³-hybridized carbons (Fsp3) is 0.467. The topological polar surface area (TPSA) is 51.2 Å². The second-order valence-electron chi connectivity index (χ2n) is 6.59. The Balaban J connectivity index is 2.78. The number of carbonyl (C=O) groups excluding carboxylic acids is 1. The van der Waals surface area contributed by atoms with Gasteiger partial charge in [-0.1, -0.05) is 25.6 Å². The summed E-state index contributed by atoms with van der Waals surface area (Å²) in [6, 6.07) is 1.80. The second-order valence-corrected chi connectivity index (χ2v) is 11.3. The zero-order valence-corrected chi connectivity index (χ0v) is 14.0. The summed E-state index contributed by atoms with van der Waals surface area (Å²) in [6.45, 7) is 12.0. The summed E-state index contributed by atoms with van der Waals surface area (Å²) in [6.07, 6.45) is 2.77. The van der Waals surface area contributed by atoms with Crippen LogP contribution in [0.4, 0.5) is 10.5 Å². The van der Waals surface area contributed by atoms with Gasteiger partial charge in [0.05, 0.1) is 11.9 Å². The molecule has 1 amide bonds. The molecule has 108 valence electrons. The highest BCUT2D eigenvalue weighted by Gasteiger charge is 2.16. The molecular formula is C15H22N2O2Si. The molecule has 1 aromatic rings. The Kier molecular flexibility index (Phi) is 4.96. The van der Waals surface area contributed by atoms with Crippen LogP contribution in [0.3, 0.4) is 0 Å². The molecule has 0 spiro atoms. The van der Waals surface area contributed by atoms with Crippen LogP contribution < -0.4 is 5.32 Å². The average Bonchev–Trinajstić information content (AvgIpc) is 2.23. The number of carbonyl (C=O) groups is 1. The van der Waals surface area contributed by atoms with E-state index in [1.165, 1.54) is 0 Å². The number of hydrogen-bond acceptors (Lipinski definition) is 3. The highest BCUT2D eigenvalue weighted by atomic mass is 28.3. The van der Waals surface area contributed by atoms with E-state index in [0.29, 0.717) is 5.69 Å². The fourth-order valence-electron chi connectivity index (χ4n) is 1.26. The third kappa shape index (κ3) is 6.95. The summed E-state index contributed by atoms with van der Waals surface area (Å²) in [5, 5.41) is 2.66. The van der Waals surface area contributed by atoms with Gasteiger partial charge in [0.15, 0.2) is 0 Å². The van der Waals surface area contributed by atoms with Crippen molar-refractivity contribution in [3.8, 4) is 11.5 Å². The van der Waals surface area contributed by atoms with Crippen LogP contribution in [0.2, 0.25) is 19.6 Å². The van der Waals surface area contributed by atoms with Crippen LogP contribution in [-0.4, -0.2) is 24.8 Å². The van der Waals surface area contributed by atoms with E-state index in [2.05, 4.69) is 41.4 Å². The lowest BCUT2D eigenvalue weighted by Crippen LogP contribution is -2.27. The first-order valence-electron chi connectivity index (χ1n) is 6.53. The molecule has 0 aliphatic rings. The number of amides is 1. The first-order valence-corrected chi connectivity index (χ1v) is 10.0. The molecule has 0 unspecified atom stereocenters. The lowest BCUT2D eigenvalue weighted by atomic mass is 10.2. The molecule has 1 heterocycles. The predicted molar refractivity (Wildman–Crippen MR) is 84.3 cm³/mol. The molecule has 4 nitrogen and oxygen atoms in total. The van der Waals surface area contributed by atoms with Crippen molar-refractivity contribution in [3.05, 3.63) is 24.0 Å². The molecule has 1 rings (SSSR count). The zero-order chi connectivity index (χ0) is 15.4. The molecule has 0 aliphatic heterocycles. The summed E-state index contributed by atoms with van der Waals surface area (Å²) in [5.41, 5.74) is 4.12. The third-order valence-electron chi connectivity index (χ3n) is 1.97. The highest BCUT2D eigenvalue weighted by molar-refractivity contribution is 6.83.